The molecule has 1 nitrogen and oxygen atoms in total. The van der Waals surface area contributed by atoms with Crippen molar-refractivity contribution in [2.24, 2.45) is 0 Å². The molecule has 0 saturated heterocycles. The Kier molecular flexibility index (Phi) is 10.1. The third kappa shape index (κ3) is 8.87. The molecule has 1 rings (SSSR count). The summed E-state index contributed by atoms with van der Waals surface area (Å²) in [6.07, 6.45) is 13.3. The molecule has 0 aromatic heterocycles. The molecule has 0 heterocycles. The van der Waals surface area contributed by atoms with Gasteiger partial charge in [-0.1, -0.05) is 88.7 Å². The van der Waals surface area contributed by atoms with E-state index in [-0.39, 0.29) is 0 Å². The Balaban J connectivity index is 2.00. The summed E-state index contributed by atoms with van der Waals surface area (Å²) in [6.45, 7) is 4.39. The maximum Gasteiger partial charge on any atom is 0.0797 e. The zero-order valence-electron chi connectivity index (χ0n) is 13.8. The summed E-state index contributed by atoms with van der Waals surface area (Å²) >= 11 is 5.43. The van der Waals surface area contributed by atoms with E-state index < -0.39 is 0 Å². The van der Waals surface area contributed by atoms with Crippen LogP contribution in [0.4, 0.5) is 5.69 Å². The van der Waals surface area contributed by atoms with E-state index >= 15 is 0 Å². The lowest BCUT2D eigenvalue weighted by Gasteiger charge is -2.10. The van der Waals surface area contributed by atoms with Gasteiger partial charge in [0.1, 0.15) is 0 Å². The summed E-state index contributed by atoms with van der Waals surface area (Å²) in [7, 11) is 0. The normalized spacial score (nSPS) is 10.6. The number of para-hydroxylation sites is 1. The predicted octanol–water partition coefficient (Wildman–Crippen LogP) is 6.66. The molecule has 0 unspecified atom stereocenters. The van der Waals surface area contributed by atoms with Gasteiger partial charge in [0.15, 0.2) is 0 Å². The molecule has 1 aromatic carbocycles. The lowest BCUT2D eigenvalue weighted by molar-refractivity contribution is 0.568. The zero-order valence-corrected chi connectivity index (χ0v) is 14.6. The quantitative estimate of drug-likeness (QED) is 0.362. The number of anilines is 1. The second-order valence-electron chi connectivity index (χ2n) is 5.94. The predicted molar refractivity (Wildman–Crippen MR) is 99.2 cm³/mol. The van der Waals surface area contributed by atoms with Gasteiger partial charge in [0.2, 0.25) is 0 Å². The number of unbranched alkanes of at least 4 members (excludes halogenated alkanes) is 8. The highest BCUT2D eigenvalue weighted by molar-refractivity contribution is 7.80. The van der Waals surface area contributed by atoms with Crippen LogP contribution in [0.25, 0.3) is 0 Å². The van der Waals surface area contributed by atoms with Crippen LogP contribution in [-0.4, -0.2) is 4.99 Å². The van der Waals surface area contributed by atoms with Gasteiger partial charge in [-0.15, -0.1) is 0 Å². The number of thiocarbonyl (C=S) groups is 1. The summed E-state index contributed by atoms with van der Waals surface area (Å²) < 4.78 is 0. The molecule has 118 valence electrons. The molecule has 0 aliphatic rings. The van der Waals surface area contributed by atoms with Crippen LogP contribution in [-0.2, 0) is 0 Å². The van der Waals surface area contributed by atoms with Crippen molar-refractivity contribution in [2.45, 2.75) is 78.1 Å². The van der Waals surface area contributed by atoms with E-state index in [1.807, 2.05) is 0 Å². The molecular weight excluding hydrogens is 274 g/mol. The summed E-state index contributed by atoms with van der Waals surface area (Å²) in [5.74, 6) is 0. The fourth-order valence-electron chi connectivity index (χ4n) is 2.52. The molecule has 0 radical (unpaired) electrons. The highest BCUT2D eigenvalue weighted by Crippen LogP contribution is 2.15. The highest BCUT2D eigenvalue weighted by atomic mass is 32.1. The van der Waals surface area contributed by atoms with Crippen molar-refractivity contribution in [1.82, 2.24) is 0 Å². The summed E-state index contributed by atoms with van der Waals surface area (Å²) in [6, 6.07) is 8.32. The van der Waals surface area contributed by atoms with Crippen LogP contribution >= 0.6 is 12.2 Å². The van der Waals surface area contributed by atoms with Crippen LogP contribution in [0.5, 0.6) is 0 Å². The van der Waals surface area contributed by atoms with E-state index in [0.29, 0.717) is 0 Å². The Morgan fingerprint density at radius 2 is 1.48 bits per heavy atom. The second kappa shape index (κ2) is 11.7. The van der Waals surface area contributed by atoms with Crippen LogP contribution in [0, 0.1) is 6.92 Å². The van der Waals surface area contributed by atoms with E-state index in [4.69, 9.17) is 12.2 Å². The minimum atomic E-state index is 0.979. The van der Waals surface area contributed by atoms with Gasteiger partial charge >= 0.3 is 0 Å². The van der Waals surface area contributed by atoms with Crippen LogP contribution in [0.2, 0.25) is 0 Å². The molecule has 1 N–H and O–H groups in total. The first-order valence-electron chi connectivity index (χ1n) is 8.59. The number of hydrogen-bond donors (Lipinski definition) is 1. The van der Waals surface area contributed by atoms with E-state index in [1.54, 1.807) is 0 Å². The third-order valence-corrected chi connectivity index (χ3v) is 4.23. The SMILES string of the molecule is CCCCCCCCCCCC(=S)Nc1ccccc1C. The van der Waals surface area contributed by atoms with Gasteiger partial charge in [0.05, 0.1) is 4.99 Å². The first-order chi connectivity index (χ1) is 10.2. The second-order valence-corrected chi connectivity index (χ2v) is 6.43. The lowest BCUT2D eigenvalue weighted by Crippen LogP contribution is -2.09. The fraction of sp³-hybridized carbons (Fsp3) is 0.632. The van der Waals surface area contributed by atoms with E-state index in [2.05, 4.69) is 43.4 Å². The van der Waals surface area contributed by atoms with Crippen molar-refractivity contribution in [3.63, 3.8) is 0 Å². The van der Waals surface area contributed by atoms with Crippen LogP contribution in [0.1, 0.15) is 76.7 Å². The van der Waals surface area contributed by atoms with Crippen molar-refractivity contribution in [3.05, 3.63) is 29.8 Å². The van der Waals surface area contributed by atoms with Gasteiger partial charge in [-0.3, -0.25) is 0 Å². The summed E-state index contributed by atoms with van der Waals surface area (Å²) in [5.41, 5.74) is 2.41. The smallest absolute Gasteiger partial charge is 0.0797 e. The molecule has 0 atom stereocenters. The topological polar surface area (TPSA) is 12.0 Å². The van der Waals surface area contributed by atoms with Crippen molar-refractivity contribution in [3.8, 4) is 0 Å². The Labute approximate surface area is 136 Å². The molecule has 0 fully saturated rings. The monoisotopic (exact) mass is 305 g/mol. The molecule has 2 heteroatoms. The molecule has 0 aliphatic carbocycles. The number of nitrogens with one attached hydrogen (secondary N) is 1. The largest absolute Gasteiger partial charge is 0.350 e. The minimum absolute atomic E-state index is 0.979. The first kappa shape index (κ1) is 18.2. The number of rotatable bonds is 11. The van der Waals surface area contributed by atoms with E-state index in [0.717, 1.165) is 17.1 Å². The van der Waals surface area contributed by atoms with Gasteiger partial charge in [-0.25, -0.2) is 0 Å². The maximum atomic E-state index is 5.43. The standard InChI is InChI=1S/C19H31NS/c1-3-4-5-6-7-8-9-10-11-16-19(21)20-18-15-13-12-14-17(18)2/h12-15H,3-11,16H2,1-2H3,(H,20,21). The van der Waals surface area contributed by atoms with Gasteiger partial charge in [-0.2, -0.15) is 0 Å². The molecule has 0 spiro atoms. The molecular formula is C19H31NS. The van der Waals surface area contributed by atoms with E-state index in [1.165, 1.54) is 63.4 Å². The fourth-order valence-corrected chi connectivity index (χ4v) is 2.78. The Morgan fingerprint density at radius 1 is 0.905 bits per heavy atom. The molecule has 1 aromatic rings. The number of hydrogen-bond acceptors (Lipinski definition) is 1. The van der Waals surface area contributed by atoms with Gasteiger partial charge < -0.3 is 5.32 Å². The van der Waals surface area contributed by atoms with Crippen LogP contribution in [0.15, 0.2) is 24.3 Å². The highest BCUT2D eigenvalue weighted by Gasteiger charge is 2.00. The van der Waals surface area contributed by atoms with Crippen molar-refractivity contribution in [2.75, 3.05) is 5.32 Å². The van der Waals surface area contributed by atoms with Gasteiger partial charge in [-0.05, 0) is 31.4 Å². The molecule has 21 heavy (non-hydrogen) atoms. The lowest BCUT2D eigenvalue weighted by atomic mass is 10.1. The number of aryl methyl sites for hydroxylation is 1. The Morgan fingerprint density at radius 3 is 2.10 bits per heavy atom. The summed E-state index contributed by atoms with van der Waals surface area (Å²) in [5, 5.41) is 3.37. The van der Waals surface area contributed by atoms with Crippen LogP contribution in [0.3, 0.4) is 0 Å². The van der Waals surface area contributed by atoms with Crippen molar-refractivity contribution in [1.29, 1.82) is 0 Å². The summed E-state index contributed by atoms with van der Waals surface area (Å²) in [4.78, 5) is 0.979. The Bertz CT molecular complexity index is 400. The van der Waals surface area contributed by atoms with Crippen LogP contribution < -0.4 is 5.32 Å². The minimum Gasteiger partial charge on any atom is -0.350 e. The Hall–Kier alpha value is -0.890. The zero-order chi connectivity index (χ0) is 15.3. The van der Waals surface area contributed by atoms with Crippen molar-refractivity contribution >= 4 is 22.9 Å². The average Bonchev–Trinajstić information content (AvgIpc) is 2.48. The maximum absolute atomic E-state index is 5.43. The third-order valence-electron chi connectivity index (χ3n) is 3.93. The van der Waals surface area contributed by atoms with Gasteiger partial charge in [0.25, 0.3) is 0 Å². The molecule has 0 amide bonds. The van der Waals surface area contributed by atoms with Crippen molar-refractivity contribution < 1.29 is 0 Å². The van der Waals surface area contributed by atoms with Gasteiger partial charge in [0, 0.05) is 5.69 Å². The van der Waals surface area contributed by atoms with E-state index in [9.17, 15) is 0 Å². The molecule has 0 aliphatic heterocycles. The average molecular weight is 306 g/mol. The molecule has 0 saturated carbocycles. The number of benzene rings is 1. The first-order valence-corrected chi connectivity index (χ1v) is 9.00. The molecule has 0 bridgehead atoms.